The summed E-state index contributed by atoms with van der Waals surface area (Å²) in [5.74, 6) is 1.84. The maximum Gasteiger partial charge on any atom is 0.164 e. The van der Waals surface area contributed by atoms with Crippen molar-refractivity contribution in [1.82, 2.24) is 19.5 Å². The van der Waals surface area contributed by atoms with E-state index in [-0.39, 0.29) is 0 Å². The number of thiophene rings is 2. The van der Waals surface area contributed by atoms with Crippen molar-refractivity contribution < 1.29 is 4.42 Å². The summed E-state index contributed by atoms with van der Waals surface area (Å²) in [4.78, 5) is 16.3. The predicted octanol–water partition coefficient (Wildman–Crippen LogP) is 15.8. The Balaban J connectivity index is 1.11. The zero-order valence-corrected chi connectivity index (χ0v) is 34.5. The molecule has 9 aromatic carbocycles. The van der Waals surface area contributed by atoms with Gasteiger partial charge in [0, 0.05) is 73.2 Å². The van der Waals surface area contributed by atoms with E-state index in [0.717, 1.165) is 66.1 Å². The average Bonchev–Trinajstić information content (AvgIpc) is 4.09. The van der Waals surface area contributed by atoms with Crippen LogP contribution in [0.5, 0.6) is 0 Å². The zero-order valence-electron chi connectivity index (χ0n) is 32.8. The number of fused-ring (bicyclic) bond motifs is 13. The van der Waals surface area contributed by atoms with Gasteiger partial charge in [0.15, 0.2) is 17.5 Å². The lowest BCUT2D eigenvalue weighted by Gasteiger charge is -2.14. The fraction of sp³-hybridized carbons (Fsp3) is 0. The van der Waals surface area contributed by atoms with Crippen molar-refractivity contribution in [3.05, 3.63) is 182 Å². The highest BCUT2D eigenvalue weighted by Crippen LogP contribution is 2.45. The van der Waals surface area contributed by atoms with Crippen LogP contribution in [0.2, 0.25) is 0 Å². The molecule has 0 fully saturated rings. The van der Waals surface area contributed by atoms with Crippen molar-refractivity contribution in [1.29, 1.82) is 0 Å². The fourth-order valence-electron chi connectivity index (χ4n) is 9.72. The first-order chi connectivity index (χ1) is 30.7. The average molecular weight is 827 g/mol. The molecule has 0 unspecified atom stereocenters. The van der Waals surface area contributed by atoms with Crippen LogP contribution in [0, 0.1) is 0 Å². The van der Waals surface area contributed by atoms with E-state index in [1.807, 2.05) is 6.07 Å². The van der Waals surface area contributed by atoms with E-state index in [0.29, 0.717) is 17.5 Å². The summed E-state index contributed by atoms with van der Waals surface area (Å²) < 4.78 is 14.1. The van der Waals surface area contributed by atoms with E-state index in [9.17, 15) is 0 Å². The summed E-state index contributed by atoms with van der Waals surface area (Å²) in [6.07, 6.45) is 0. The molecule has 0 spiro atoms. The fourth-order valence-corrected chi connectivity index (χ4v) is 12.0. The second-order valence-corrected chi connectivity index (χ2v) is 18.1. The van der Waals surface area contributed by atoms with Crippen molar-refractivity contribution in [2.75, 3.05) is 0 Å². The number of furan rings is 1. The summed E-state index contributed by atoms with van der Waals surface area (Å²) in [6.45, 7) is 0. The molecule has 0 aliphatic heterocycles. The van der Waals surface area contributed by atoms with E-state index in [2.05, 4.69) is 180 Å². The van der Waals surface area contributed by atoms with Gasteiger partial charge in [-0.1, -0.05) is 121 Å². The normalized spacial score (nSPS) is 12.2. The van der Waals surface area contributed by atoms with Gasteiger partial charge in [0.05, 0.1) is 22.1 Å². The quantitative estimate of drug-likeness (QED) is 0.177. The van der Waals surface area contributed by atoms with Crippen LogP contribution in [0.4, 0.5) is 0 Å². The number of aromatic nitrogens is 4. The van der Waals surface area contributed by atoms with E-state index in [1.54, 1.807) is 22.7 Å². The lowest BCUT2D eigenvalue weighted by Crippen LogP contribution is -2.02. The van der Waals surface area contributed by atoms with Crippen LogP contribution in [0.1, 0.15) is 0 Å². The van der Waals surface area contributed by atoms with Gasteiger partial charge in [0.2, 0.25) is 0 Å². The molecule has 14 aromatic rings. The first kappa shape index (κ1) is 34.0. The first-order valence-electron chi connectivity index (χ1n) is 20.7. The Hall–Kier alpha value is -7.71. The van der Waals surface area contributed by atoms with Gasteiger partial charge in [0.25, 0.3) is 0 Å². The van der Waals surface area contributed by atoms with Crippen LogP contribution in [0.15, 0.2) is 186 Å². The highest BCUT2D eigenvalue weighted by molar-refractivity contribution is 7.26. The summed E-state index contributed by atoms with van der Waals surface area (Å²) >= 11 is 3.59. The van der Waals surface area contributed by atoms with Gasteiger partial charge in [-0.3, -0.25) is 0 Å². The van der Waals surface area contributed by atoms with Gasteiger partial charge < -0.3 is 8.98 Å². The summed E-state index contributed by atoms with van der Waals surface area (Å²) in [5.41, 5.74) is 7.64. The minimum atomic E-state index is 0.577. The van der Waals surface area contributed by atoms with E-state index >= 15 is 0 Å². The minimum Gasteiger partial charge on any atom is -0.456 e. The Labute approximate surface area is 361 Å². The molecule has 0 saturated carbocycles. The van der Waals surface area contributed by atoms with Crippen molar-refractivity contribution in [2.45, 2.75) is 0 Å². The number of benzene rings is 9. The molecule has 0 amide bonds. The van der Waals surface area contributed by atoms with Crippen molar-refractivity contribution >= 4 is 118 Å². The van der Waals surface area contributed by atoms with E-state index < -0.39 is 0 Å². The number of hydrogen-bond donors (Lipinski definition) is 0. The SMILES string of the molecule is c1ccc2cc3c(cc2c1)c1ccccc1n3-c1cc(-c2nc(-c3cccc4sc5ccccc5c34)nc(-c3cccc4sc5ccccc5c34)n2)cc2oc3ccccc3c12. The lowest BCUT2D eigenvalue weighted by atomic mass is 10.0. The Bertz CT molecular complexity index is 4060. The maximum atomic E-state index is 6.79. The largest absolute Gasteiger partial charge is 0.456 e. The smallest absolute Gasteiger partial charge is 0.164 e. The third kappa shape index (κ3) is 4.92. The third-order valence-corrected chi connectivity index (χ3v) is 14.7. The van der Waals surface area contributed by atoms with Crippen molar-refractivity contribution in [3.8, 4) is 39.9 Å². The molecule has 62 heavy (non-hydrogen) atoms. The molecule has 288 valence electrons. The van der Waals surface area contributed by atoms with Crippen LogP contribution >= 0.6 is 22.7 Å². The molecule has 0 radical (unpaired) electrons. The van der Waals surface area contributed by atoms with Gasteiger partial charge in [0.1, 0.15) is 11.2 Å². The Morgan fingerprint density at radius 2 is 0.919 bits per heavy atom. The zero-order chi connectivity index (χ0) is 40.5. The summed E-state index contributed by atoms with van der Waals surface area (Å²) in [7, 11) is 0. The molecule has 0 atom stereocenters. The lowest BCUT2D eigenvalue weighted by molar-refractivity contribution is 0.669. The topological polar surface area (TPSA) is 56.7 Å². The van der Waals surface area contributed by atoms with Crippen LogP contribution in [-0.4, -0.2) is 19.5 Å². The monoisotopic (exact) mass is 826 g/mol. The second kappa shape index (κ2) is 12.9. The molecule has 0 aliphatic carbocycles. The molecule has 5 aromatic heterocycles. The third-order valence-electron chi connectivity index (χ3n) is 12.4. The highest BCUT2D eigenvalue weighted by atomic mass is 32.1. The molecule has 7 heteroatoms. The van der Waals surface area contributed by atoms with Crippen LogP contribution in [-0.2, 0) is 0 Å². The molecule has 0 saturated heterocycles. The molecular weight excluding hydrogens is 797 g/mol. The standard InChI is InChI=1S/C55H30N4OS2/c1-2-14-32-28-42-40(27-31(32)13-1)34-15-3-7-21-41(34)59(42)43-29-33(30-45-52(43)35-16-4-8-22-44(35)60-45)53-56-54(38-19-11-25-48-50(38)36-17-5-9-23-46(36)61-48)58-55(57-53)39-20-12-26-49-51(39)37-18-6-10-24-47(37)62-49/h1-30H. The molecule has 5 heterocycles. The Kier molecular flexibility index (Phi) is 7.08. The van der Waals surface area contributed by atoms with Crippen LogP contribution in [0.3, 0.4) is 0 Å². The highest BCUT2D eigenvalue weighted by Gasteiger charge is 2.23. The van der Waals surface area contributed by atoms with Crippen molar-refractivity contribution in [3.63, 3.8) is 0 Å². The number of hydrogen-bond acceptors (Lipinski definition) is 6. The second-order valence-electron chi connectivity index (χ2n) is 15.9. The molecule has 0 N–H and O–H groups in total. The van der Waals surface area contributed by atoms with Gasteiger partial charge in [-0.05, 0) is 71.4 Å². The van der Waals surface area contributed by atoms with Gasteiger partial charge in [-0.15, -0.1) is 22.7 Å². The molecule has 0 bridgehead atoms. The van der Waals surface area contributed by atoms with Gasteiger partial charge in [-0.2, -0.15) is 0 Å². The minimum absolute atomic E-state index is 0.577. The van der Waals surface area contributed by atoms with Crippen LogP contribution < -0.4 is 0 Å². The summed E-state index contributed by atoms with van der Waals surface area (Å²) in [5, 5.41) is 11.6. The van der Waals surface area contributed by atoms with Gasteiger partial charge >= 0.3 is 0 Å². The maximum absolute atomic E-state index is 6.79. The molecule has 0 aliphatic rings. The molecule has 14 rings (SSSR count). The Morgan fingerprint density at radius 3 is 1.61 bits per heavy atom. The number of para-hydroxylation sites is 2. The summed E-state index contributed by atoms with van der Waals surface area (Å²) in [6, 6.07) is 64.8. The first-order valence-corrected chi connectivity index (χ1v) is 22.3. The van der Waals surface area contributed by atoms with Gasteiger partial charge in [-0.25, -0.2) is 15.0 Å². The Morgan fingerprint density at radius 1 is 0.371 bits per heavy atom. The van der Waals surface area contributed by atoms with Crippen LogP contribution in [0.25, 0.3) is 135 Å². The van der Waals surface area contributed by atoms with Crippen molar-refractivity contribution in [2.24, 2.45) is 0 Å². The predicted molar refractivity (Wildman–Crippen MR) is 261 cm³/mol. The molecule has 5 nitrogen and oxygen atoms in total. The number of nitrogens with zero attached hydrogens (tertiary/aromatic N) is 4. The van der Waals surface area contributed by atoms with E-state index in [1.165, 1.54) is 51.1 Å². The number of rotatable bonds is 4. The molecular formula is C55H30N4OS2. The van der Waals surface area contributed by atoms with E-state index in [4.69, 9.17) is 19.4 Å².